The molecule has 1 aromatic rings. The highest BCUT2D eigenvalue weighted by Gasteiger charge is 2.40. The van der Waals surface area contributed by atoms with Gasteiger partial charge in [0.1, 0.15) is 5.75 Å². The van der Waals surface area contributed by atoms with Gasteiger partial charge in [0.05, 0.1) is 5.56 Å². The van der Waals surface area contributed by atoms with Gasteiger partial charge in [-0.3, -0.25) is 9.36 Å². The highest BCUT2D eigenvalue weighted by molar-refractivity contribution is 7.53. The molecule has 0 saturated carbocycles. The molecule has 0 bridgehead atoms. The van der Waals surface area contributed by atoms with E-state index in [2.05, 4.69) is 4.74 Å². The molecule has 0 aliphatic carbocycles. The lowest BCUT2D eigenvalue weighted by Crippen LogP contribution is -2.30. The molecule has 5 nitrogen and oxygen atoms in total. The van der Waals surface area contributed by atoms with Crippen LogP contribution in [0.4, 0.5) is 13.2 Å². The number of rotatable bonds is 4. The average Bonchev–Trinajstić information content (AvgIpc) is 2.25. The molecule has 1 atom stereocenters. The number of halogens is 3. The van der Waals surface area contributed by atoms with E-state index >= 15 is 0 Å². The third-order valence-corrected chi connectivity index (χ3v) is 4.15. The first kappa shape index (κ1) is 17.7. The number of carbonyl (C=O) groups is 1. The Balaban J connectivity index is 3.00. The molecule has 0 radical (unpaired) electrons. The molecule has 0 amide bonds. The van der Waals surface area contributed by atoms with Gasteiger partial charge in [-0.15, -0.1) is 0 Å². The van der Waals surface area contributed by atoms with Crippen LogP contribution in [-0.4, -0.2) is 21.4 Å². The second-order valence-corrected chi connectivity index (χ2v) is 6.46. The second-order valence-electron chi connectivity index (χ2n) is 4.72. The third kappa shape index (κ3) is 4.84. The van der Waals surface area contributed by atoms with Crippen LogP contribution in [0.3, 0.4) is 0 Å². The van der Waals surface area contributed by atoms with Gasteiger partial charge in [-0.2, -0.15) is 13.2 Å². The zero-order valence-electron chi connectivity index (χ0n) is 11.2. The van der Waals surface area contributed by atoms with Crippen LogP contribution in [0.1, 0.15) is 19.4 Å². The molecule has 2 N–H and O–H groups in total. The molecule has 1 aromatic carbocycles. The molecule has 0 saturated heterocycles. The second kappa shape index (κ2) is 6.17. The van der Waals surface area contributed by atoms with Crippen LogP contribution in [0, 0.1) is 5.92 Å². The zero-order chi connectivity index (χ0) is 16.4. The first-order valence-electron chi connectivity index (χ1n) is 5.87. The fourth-order valence-corrected chi connectivity index (χ4v) is 2.81. The maximum atomic E-state index is 12.5. The lowest BCUT2D eigenvalue weighted by Gasteiger charge is -2.20. The van der Waals surface area contributed by atoms with Gasteiger partial charge in [0.2, 0.25) is 0 Å². The Kier molecular flexibility index (Phi) is 5.20. The van der Waals surface area contributed by atoms with Crippen molar-refractivity contribution in [1.29, 1.82) is 0 Å². The molecule has 0 aliphatic rings. The van der Waals surface area contributed by atoms with Gasteiger partial charge < -0.3 is 14.5 Å². The Hall–Kier alpha value is -1.37. The number of esters is 1. The van der Waals surface area contributed by atoms with Crippen LogP contribution in [0.25, 0.3) is 0 Å². The van der Waals surface area contributed by atoms with Gasteiger partial charge in [-0.05, 0) is 24.1 Å². The van der Waals surface area contributed by atoms with E-state index in [-0.39, 0.29) is 0 Å². The predicted octanol–water partition coefficient (Wildman–Crippen LogP) is 2.81. The summed E-state index contributed by atoms with van der Waals surface area (Å²) in [4.78, 5) is 30.0. The summed E-state index contributed by atoms with van der Waals surface area (Å²) in [5.74, 6) is -2.42. The molecule has 0 spiro atoms. The SMILES string of the molecule is CC(C)C(C(=O)Oc1cccc(C(F)(F)F)c1)P(=O)(O)O. The van der Waals surface area contributed by atoms with Crippen LogP contribution < -0.4 is 4.74 Å². The molecular weight excluding hydrogens is 312 g/mol. The topological polar surface area (TPSA) is 83.8 Å². The number of ether oxygens (including phenoxy) is 1. The molecule has 0 aliphatic heterocycles. The molecule has 0 heterocycles. The fourth-order valence-electron chi connectivity index (χ4n) is 1.71. The lowest BCUT2D eigenvalue weighted by molar-refractivity contribution is -0.139. The van der Waals surface area contributed by atoms with Crippen molar-refractivity contribution in [2.75, 3.05) is 0 Å². The lowest BCUT2D eigenvalue weighted by atomic mass is 10.1. The van der Waals surface area contributed by atoms with Crippen LogP contribution in [-0.2, 0) is 15.5 Å². The Bertz CT molecular complexity index is 564. The highest BCUT2D eigenvalue weighted by Crippen LogP contribution is 2.45. The van der Waals surface area contributed by atoms with Crippen LogP contribution in [0.5, 0.6) is 5.75 Å². The molecule has 0 aromatic heterocycles. The standard InChI is InChI=1S/C12H14F3O5P/c1-7(2)10(21(17,18)19)11(16)20-9-5-3-4-8(6-9)12(13,14)15/h3-7,10H,1-2H3,(H2,17,18,19). The molecule has 21 heavy (non-hydrogen) atoms. The van der Waals surface area contributed by atoms with E-state index in [0.29, 0.717) is 6.07 Å². The number of hydrogen-bond acceptors (Lipinski definition) is 3. The molecule has 118 valence electrons. The third-order valence-electron chi connectivity index (χ3n) is 2.62. The van der Waals surface area contributed by atoms with E-state index in [9.17, 15) is 22.5 Å². The van der Waals surface area contributed by atoms with Gasteiger partial charge in [0.15, 0.2) is 5.66 Å². The number of alkyl halides is 3. The van der Waals surface area contributed by atoms with Crippen molar-refractivity contribution < 1.29 is 37.1 Å². The summed E-state index contributed by atoms with van der Waals surface area (Å²) in [6.07, 6.45) is -4.61. The Labute approximate surface area is 118 Å². The van der Waals surface area contributed by atoms with E-state index in [1.807, 2.05) is 0 Å². The first-order chi connectivity index (χ1) is 9.43. The minimum atomic E-state index is -4.77. The minimum absolute atomic E-state index is 0.422. The van der Waals surface area contributed by atoms with Gasteiger partial charge in [-0.25, -0.2) is 0 Å². The Morgan fingerprint density at radius 2 is 1.86 bits per heavy atom. The monoisotopic (exact) mass is 326 g/mol. The summed E-state index contributed by atoms with van der Waals surface area (Å²) in [6.45, 7) is 2.80. The minimum Gasteiger partial charge on any atom is -0.426 e. The average molecular weight is 326 g/mol. The van der Waals surface area contributed by atoms with Gasteiger partial charge in [-0.1, -0.05) is 19.9 Å². The number of hydrogen-bond donors (Lipinski definition) is 2. The number of carbonyl (C=O) groups excluding carboxylic acids is 1. The molecule has 1 unspecified atom stereocenters. The van der Waals surface area contributed by atoms with E-state index in [0.717, 1.165) is 18.2 Å². The summed E-state index contributed by atoms with van der Waals surface area (Å²) in [6, 6.07) is 3.52. The van der Waals surface area contributed by atoms with Crippen molar-refractivity contribution in [1.82, 2.24) is 0 Å². The van der Waals surface area contributed by atoms with Crippen molar-refractivity contribution in [2.24, 2.45) is 5.92 Å². The summed E-state index contributed by atoms with van der Waals surface area (Å²) < 4.78 is 53.5. The van der Waals surface area contributed by atoms with Crippen LogP contribution in [0.15, 0.2) is 24.3 Å². The molecule has 1 rings (SSSR count). The van der Waals surface area contributed by atoms with Crippen LogP contribution >= 0.6 is 7.60 Å². The zero-order valence-corrected chi connectivity index (χ0v) is 12.1. The smallest absolute Gasteiger partial charge is 0.416 e. The van der Waals surface area contributed by atoms with E-state index in [1.54, 1.807) is 0 Å². The Morgan fingerprint density at radius 1 is 1.29 bits per heavy atom. The summed E-state index contributed by atoms with van der Waals surface area (Å²) in [5.41, 5.74) is -2.75. The maximum absolute atomic E-state index is 12.5. The van der Waals surface area contributed by atoms with Gasteiger partial charge in [0.25, 0.3) is 0 Å². The summed E-state index contributed by atoms with van der Waals surface area (Å²) >= 11 is 0. The van der Waals surface area contributed by atoms with Gasteiger partial charge >= 0.3 is 19.7 Å². The Morgan fingerprint density at radius 3 is 2.29 bits per heavy atom. The predicted molar refractivity (Wildman–Crippen MR) is 67.7 cm³/mol. The van der Waals surface area contributed by atoms with Crippen molar-refractivity contribution >= 4 is 13.6 Å². The quantitative estimate of drug-likeness (QED) is 0.505. The summed E-state index contributed by atoms with van der Waals surface area (Å²) in [7, 11) is -4.77. The first-order valence-corrected chi connectivity index (χ1v) is 7.55. The van der Waals surface area contributed by atoms with E-state index < -0.39 is 42.6 Å². The van der Waals surface area contributed by atoms with Crippen molar-refractivity contribution in [3.63, 3.8) is 0 Å². The molecule has 0 fully saturated rings. The van der Waals surface area contributed by atoms with E-state index in [1.165, 1.54) is 13.8 Å². The van der Waals surface area contributed by atoms with Crippen LogP contribution in [0.2, 0.25) is 0 Å². The van der Waals surface area contributed by atoms with E-state index in [4.69, 9.17) is 9.79 Å². The van der Waals surface area contributed by atoms with Gasteiger partial charge in [0, 0.05) is 0 Å². The molecule has 9 heteroatoms. The number of benzene rings is 1. The normalized spacial score (nSPS) is 14.1. The maximum Gasteiger partial charge on any atom is 0.416 e. The van der Waals surface area contributed by atoms with Crippen molar-refractivity contribution in [3.8, 4) is 5.75 Å². The van der Waals surface area contributed by atoms with Crippen molar-refractivity contribution in [3.05, 3.63) is 29.8 Å². The molecular formula is C12H14F3O5P. The fraction of sp³-hybridized carbons (Fsp3) is 0.417. The highest BCUT2D eigenvalue weighted by atomic mass is 31.2. The largest absolute Gasteiger partial charge is 0.426 e. The van der Waals surface area contributed by atoms with Crippen molar-refractivity contribution in [2.45, 2.75) is 25.7 Å². The summed E-state index contributed by atoms with van der Waals surface area (Å²) in [5, 5.41) is 0.